The van der Waals surface area contributed by atoms with Gasteiger partial charge in [-0.1, -0.05) is 19.9 Å². The van der Waals surface area contributed by atoms with Crippen molar-refractivity contribution in [2.45, 2.75) is 26.3 Å². The molecule has 0 spiro atoms. The molecule has 3 heterocycles. The third-order valence-corrected chi connectivity index (χ3v) is 4.84. The quantitative estimate of drug-likeness (QED) is 0.729. The third kappa shape index (κ3) is 3.43. The van der Waals surface area contributed by atoms with Crippen LogP contribution in [0.3, 0.4) is 0 Å². The first-order chi connectivity index (χ1) is 13.5. The fourth-order valence-electron chi connectivity index (χ4n) is 3.28. The molecular weight excluding hydrogens is 356 g/mol. The molecular formula is C21H22N4O3. The van der Waals surface area contributed by atoms with Gasteiger partial charge >= 0.3 is 0 Å². The van der Waals surface area contributed by atoms with Gasteiger partial charge in [0.1, 0.15) is 12.3 Å². The van der Waals surface area contributed by atoms with Gasteiger partial charge in [0.2, 0.25) is 0 Å². The van der Waals surface area contributed by atoms with Crippen LogP contribution in [0.5, 0.6) is 11.5 Å². The summed E-state index contributed by atoms with van der Waals surface area (Å²) in [5, 5.41) is 17.6. The molecule has 1 aliphatic rings. The number of hydrogen-bond acceptors (Lipinski definition) is 5. The Kier molecular flexibility index (Phi) is 4.73. The van der Waals surface area contributed by atoms with E-state index < -0.39 is 0 Å². The smallest absolute Gasteiger partial charge is 0.274 e. The number of nitrogens with one attached hydrogen (secondary N) is 1. The minimum Gasteiger partial charge on any atom is -0.504 e. The number of phenols is 1. The second-order valence-electron chi connectivity index (χ2n) is 7.16. The van der Waals surface area contributed by atoms with Crippen LogP contribution in [0, 0.1) is 0 Å². The number of aromatic amines is 1. The van der Waals surface area contributed by atoms with Crippen LogP contribution < -0.4 is 4.74 Å². The first kappa shape index (κ1) is 18.0. The summed E-state index contributed by atoms with van der Waals surface area (Å²) in [5.74, 6) is 0.590. The normalized spacial score (nSPS) is 13.8. The van der Waals surface area contributed by atoms with E-state index in [1.165, 1.54) is 0 Å². The Morgan fingerprint density at radius 3 is 2.86 bits per heavy atom. The van der Waals surface area contributed by atoms with E-state index >= 15 is 0 Å². The minimum absolute atomic E-state index is 0.0625. The number of carbonyl (C=O) groups is 1. The van der Waals surface area contributed by atoms with Gasteiger partial charge < -0.3 is 14.7 Å². The maximum Gasteiger partial charge on any atom is 0.274 e. The molecule has 0 saturated heterocycles. The molecule has 1 aliphatic heterocycles. The van der Waals surface area contributed by atoms with Crippen molar-refractivity contribution in [3.05, 3.63) is 59.7 Å². The summed E-state index contributed by atoms with van der Waals surface area (Å²) in [5.41, 5.74) is 3.77. The number of carbonyl (C=O) groups excluding carboxylic acids is 1. The van der Waals surface area contributed by atoms with E-state index in [1.54, 1.807) is 29.4 Å². The van der Waals surface area contributed by atoms with Crippen LogP contribution >= 0.6 is 0 Å². The summed E-state index contributed by atoms with van der Waals surface area (Å²) in [6.07, 6.45) is 3.43. The largest absolute Gasteiger partial charge is 0.504 e. The number of phenolic OH excluding ortho intramolecular Hbond substituents is 1. The molecule has 0 bridgehead atoms. The van der Waals surface area contributed by atoms with E-state index in [4.69, 9.17) is 4.74 Å². The zero-order valence-corrected chi connectivity index (χ0v) is 15.8. The molecule has 4 rings (SSSR count). The number of ether oxygens (including phenoxy) is 1. The highest BCUT2D eigenvalue weighted by molar-refractivity contribution is 5.92. The molecule has 1 aromatic carbocycles. The number of pyridine rings is 1. The van der Waals surface area contributed by atoms with Gasteiger partial charge in [-0.3, -0.25) is 14.9 Å². The van der Waals surface area contributed by atoms with Crippen molar-refractivity contribution in [1.29, 1.82) is 0 Å². The van der Waals surface area contributed by atoms with Crippen molar-refractivity contribution in [3.8, 4) is 22.6 Å². The highest BCUT2D eigenvalue weighted by atomic mass is 16.5. The van der Waals surface area contributed by atoms with Crippen LogP contribution in [-0.4, -0.2) is 44.2 Å². The molecule has 7 nitrogen and oxygen atoms in total. The van der Waals surface area contributed by atoms with Crippen molar-refractivity contribution in [3.63, 3.8) is 0 Å². The predicted octanol–water partition coefficient (Wildman–Crippen LogP) is 3.34. The number of amides is 1. The fraction of sp³-hybridized carbons (Fsp3) is 0.286. The highest BCUT2D eigenvalue weighted by Gasteiger charge is 2.25. The molecule has 0 aliphatic carbocycles. The van der Waals surface area contributed by atoms with Crippen molar-refractivity contribution in [2.24, 2.45) is 0 Å². The number of aromatic hydroxyl groups is 1. The number of H-pyrrole nitrogens is 1. The second kappa shape index (κ2) is 7.34. The van der Waals surface area contributed by atoms with Crippen LogP contribution in [-0.2, 0) is 6.54 Å². The van der Waals surface area contributed by atoms with Crippen molar-refractivity contribution in [1.82, 2.24) is 20.1 Å². The average Bonchev–Trinajstić information content (AvgIpc) is 3.09. The van der Waals surface area contributed by atoms with Gasteiger partial charge in [-0.25, -0.2) is 0 Å². The Morgan fingerprint density at radius 1 is 1.29 bits per heavy atom. The van der Waals surface area contributed by atoms with Gasteiger partial charge in [0, 0.05) is 35.8 Å². The Morgan fingerprint density at radius 2 is 2.14 bits per heavy atom. The molecule has 144 valence electrons. The van der Waals surface area contributed by atoms with Crippen molar-refractivity contribution < 1.29 is 14.6 Å². The Hall–Kier alpha value is -3.35. The van der Waals surface area contributed by atoms with Gasteiger partial charge in [-0.15, -0.1) is 0 Å². The Bertz CT molecular complexity index is 998. The molecule has 0 atom stereocenters. The van der Waals surface area contributed by atoms with E-state index in [-0.39, 0.29) is 17.6 Å². The topological polar surface area (TPSA) is 91.3 Å². The van der Waals surface area contributed by atoms with Crippen LogP contribution in [0.2, 0.25) is 0 Å². The number of nitrogens with zero attached hydrogens (tertiary/aromatic N) is 3. The molecule has 0 fully saturated rings. The molecule has 0 radical (unpaired) electrons. The Balaban J connectivity index is 1.65. The summed E-state index contributed by atoms with van der Waals surface area (Å²) >= 11 is 0. The summed E-state index contributed by atoms with van der Waals surface area (Å²) in [6, 6.07) is 9.15. The summed E-state index contributed by atoms with van der Waals surface area (Å²) in [6.45, 7) is 5.14. The monoisotopic (exact) mass is 378 g/mol. The lowest BCUT2D eigenvalue weighted by atomic mass is 10.0. The van der Waals surface area contributed by atoms with Crippen LogP contribution in [0.1, 0.15) is 41.5 Å². The van der Waals surface area contributed by atoms with Gasteiger partial charge in [0.25, 0.3) is 5.91 Å². The summed E-state index contributed by atoms with van der Waals surface area (Å²) in [4.78, 5) is 18.8. The molecule has 7 heteroatoms. The molecule has 0 saturated carbocycles. The van der Waals surface area contributed by atoms with Gasteiger partial charge in [0.15, 0.2) is 11.5 Å². The number of hydrogen-bond donors (Lipinski definition) is 2. The fourth-order valence-corrected chi connectivity index (χ4v) is 3.28. The van der Waals surface area contributed by atoms with E-state index in [2.05, 4.69) is 15.2 Å². The van der Waals surface area contributed by atoms with Gasteiger partial charge in [-0.2, -0.15) is 5.10 Å². The lowest BCUT2D eigenvalue weighted by molar-refractivity contribution is 0.0727. The predicted molar refractivity (Wildman–Crippen MR) is 104 cm³/mol. The first-order valence-electron chi connectivity index (χ1n) is 9.26. The first-order valence-corrected chi connectivity index (χ1v) is 9.26. The van der Waals surface area contributed by atoms with Gasteiger partial charge in [-0.05, 0) is 35.7 Å². The maximum absolute atomic E-state index is 13.0. The Labute approximate surface area is 163 Å². The summed E-state index contributed by atoms with van der Waals surface area (Å²) in [7, 11) is 0. The molecule has 1 amide bonds. The lowest BCUT2D eigenvalue weighted by Crippen LogP contribution is -2.32. The van der Waals surface area contributed by atoms with E-state index in [0.717, 1.165) is 22.4 Å². The lowest BCUT2D eigenvalue weighted by Gasteiger charge is -2.19. The zero-order chi connectivity index (χ0) is 19.7. The van der Waals surface area contributed by atoms with Crippen LogP contribution in [0.25, 0.3) is 11.1 Å². The van der Waals surface area contributed by atoms with E-state index in [1.807, 2.05) is 32.0 Å². The second-order valence-corrected chi connectivity index (χ2v) is 7.16. The molecule has 28 heavy (non-hydrogen) atoms. The molecule has 2 N–H and O–H groups in total. The number of aromatic nitrogens is 3. The van der Waals surface area contributed by atoms with Gasteiger partial charge in [0.05, 0.1) is 6.54 Å². The van der Waals surface area contributed by atoms with Crippen molar-refractivity contribution in [2.75, 3.05) is 13.2 Å². The maximum atomic E-state index is 13.0. The number of fused-ring (bicyclic) bond motifs is 1. The number of rotatable bonds is 3. The average molecular weight is 378 g/mol. The van der Waals surface area contributed by atoms with Crippen LogP contribution in [0.15, 0.2) is 42.7 Å². The molecule has 2 aromatic heterocycles. The zero-order valence-electron chi connectivity index (χ0n) is 15.8. The van der Waals surface area contributed by atoms with E-state index in [9.17, 15) is 9.90 Å². The SMILES string of the molecule is CC(C)c1cc(C(=O)N2CCOc3c(O)cc(-c4cccnc4)cc3C2)n[nH]1. The number of benzene rings is 1. The van der Waals surface area contributed by atoms with E-state index in [0.29, 0.717) is 31.1 Å². The molecule has 3 aromatic rings. The molecule has 0 unspecified atom stereocenters. The third-order valence-electron chi connectivity index (χ3n) is 4.84. The minimum atomic E-state index is -0.161. The standard InChI is InChI=1S/C21H22N4O3/c1-13(2)17-10-18(24-23-17)21(27)25-6-7-28-20-16(12-25)8-15(9-19(20)26)14-4-3-5-22-11-14/h3-5,8-11,13,26H,6-7,12H2,1-2H3,(H,23,24). The summed E-state index contributed by atoms with van der Waals surface area (Å²) < 4.78 is 5.74. The highest BCUT2D eigenvalue weighted by Crippen LogP contribution is 2.37. The van der Waals surface area contributed by atoms with Crippen molar-refractivity contribution >= 4 is 5.91 Å². The van der Waals surface area contributed by atoms with Crippen LogP contribution in [0.4, 0.5) is 0 Å².